The summed E-state index contributed by atoms with van der Waals surface area (Å²) in [6.07, 6.45) is -0.161. The van der Waals surface area contributed by atoms with E-state index in [2.05, 4.69) is 14.8 Å². The van der Waals surface area contributed by atoms with E-state index >= 15 is 0 Å². The number of Topliss-reactive ketones (excluding diaryl/α,β-unsaturated/α-hetero) is 1. The molecule has 3 heterocycles. The van der Waals surface area contributed by atoms with E-state index in [1.54, 1.807) is 0 Å². The minimum Gasteiger partial charge on any atom is -0.486 e. The summed E-state index contributed by atoms with van der Waals surface area (Å²) in [5.41, 5.74) is 2.20. The summed E-state index contributed by atoms with van der Waals surface area (Å²) in [5, 5.41) is 7.89. The molecule has 162 valence electrons. The Balaban J connectivity index is 1.46. The summed E-state index contributed by atoms with van der Waals surface area (Å²) in [5.74, 6) is 7.22. The zero-order valence-electron chi connectivity index (χ0n) is 17.5. The Morgan fingerprint density at radius 2 is 1.97 bits per heavy atom. The Bertz CT molecular complexity index is 1200. The number of nitrogens with zero attached hydrogens (tertiary/aromatic N) is 4. The lowest BCUT2D eigenvalue weighted by atomic mass is 10.2. The number of ether oxygens (including phenoxy) is 2. The number of hydrogen-bond acceptors (Lipinski definition) is 8. The normalized spacial score (nSPS) is 15.1. The van der Waals surface area contributed by atoms with E-state index in [0.29, 0.717) is 18.7 Å². The standard InChI is InChI=1S/C21H23N5O4S/c1-12-8-16(17(27)11-31-21-24-23-13(2)20(28)26(21)22)14(3)25(12)9-15-10-29-18-6-4-5-7-19(18)30-15/h4-8,15H,9-11,22H2,1-3H3/t15-/m0/s1. The number of fused-ring (bicyclic) bond motifs is 1. The summed E-state index contributed by atoms with van der Waals surface area (Å²) in [7, 11) is 0. The minimum atomic E-state index is -0.431. The van der Waals surface area contributed by atoms with Crippen molar-refractivity contribution >= 4 is 17.5 Å². The summed E-state index contributed by atoms with van der Waals surface area (Å²) in [6.45, 7) is 6.41. The Morgan fingerprint density at radius 3 is 2.74 bits per heavy atom. The van der Waals surface area contributed by atoms with E-state index in [1.807, 2.05) is 44.2 Å². The summed E-state index contributed by atoms with van der Waals surface area (Å²) in [6, 6.07) is 9.45. The molecular formula is C21H23N5O4S. The van der Waals surface area contributed by atoms with Crippen molar-refractivity contribution in [3.8, 4) is 11.5 Å². The number of aryl methyl sites for hydroxylation is 2. The Morgan fingerprint density at radius 1 is 1.23 bits per heavy atom. The lowest BCUT2D eigenvalue weighted by molar-refractivity contribution is 0.0777. The number of carbonyl (C=O) groups is 1. The maximum atomic E-state index is 12.9. The van der Waals surface area contributed by atoms with Crippen molar-refractivity contribution in [3.05, 3.63) is 63.3 Å². The van der Waals surface area contributed by atoms with Crippen LogP contribution in [0.3, 0.4) is 0 Å². The van der Waals surface area contributed by atoms with Crippen LogP contribution in [0.5, 0.6) is 11.5 Å². The topological polar surface area (TPSA) is 114 Å². The maximum Gasteiger partial charge on any atom is 0.294 e. The van der Waals surface area contributed by atoms with Crippen LogP contribution in [0.25, 0.3) is 0 Å². The highest BCUT2D eigenvalue weighted by atomic mass is 32.2. The van der Waals surface area contributed by atoms with Crippen LogP contribution >= 0.6 is 11.8 Å². The molecule has 1 aromatic carbocycles. The Labute approximate surface area is 183 Å². The van der Waals surface area contributed by atoms with E-state index in [9.17, 15) is 9.59 Å². The van der Waals surface area contributed by atoms with Crippen molar-refractivity contribution < 1.29 is 14.3 Å². The number of thioether (sulfide) groups is 1. The summed E-state index contributed by atoms with van der Waals surface area (Å²) < 4.78 is 14.8. The van der Waals surface area contributed by atoms with Gasteiger partial charge in [-0.1, -0.05) is 23.9 Å². The third-order valence-electron chi connectivity index (χ3n) is 5.18. The van der Waals surface area contributed by atoms with E-state index in [-0.39, 0.29) is 28.5 Å². The fourth-order valence-corrected chi connectivity index (χ4v) is 4.23. The van der Waals surface area contributed by atoms with Crippen LogP contribution in [-0.2, 0) is 6.54 Å². The first-order valence-corrected chi connectivity index (χ1v) is 10.8. The first-order chi connectivity index (χ1) is 14.8. The molecular weight excluding hydrogens is 418 g/mol. The number of aromatic nitrogens is 4. The second-order valence-electron chi connectivity index (χ2n) is 7.35. The number of nitrogen functional groups attached to an aromatic ring is 1. The smallest absolute Gasteiger partial charge is 0.294 e. The molecule has 0 radical (unpaired) electrons. The van der Waals surface area contributed by atoms with Gasteiger partial charge in [0.2, 0.25) is 5.16 Å². The van der Waals surface area contributed by atoms with Crippen molar-refractivity contribution in [1.82, 2.24) is 19.4 Å². The molecule has 0 fully saturated rings. The number of para-hydroxylation sites is 2. The molecule has 0 amide bonds. The van der Waals surface area contributed by atoms with Crippen molar-refractivity contribution in [1.29, 1.82) is 0 Å². The van der Waals surface area contributed by atoms with E-state index in [0.717, 1.165) is 39.3 Å². The number of ketones is 1. The highest BCUT2D eigenvalue weighted by Crippen LogP contribution is 2.31. The van der Waals surface area contributed by atoms with Gasteiger partial charge in [-0.05, 0) is 39.0 Å². The van der Waals surface area contributed by atoms with Crippen LogP contribution in [0.1, 0.15) is 27.4 Å². The zero-order chi connectivity index (χ0) is 22.1. The maximum absolute atomic E-state index is 12.9. The van der Waals surface area contributed by atoms with Gasteiger partial charge in [-0.25, -0.2) is 0 Å². The van der Waals surface area contributed by atoms with Gasteiger partial charge >= 0.3 is 0 Å². The first kappa shape index (κ1) is 21.0. The third-order valence-corrected chi connectivity index (χ3v) is 6.12. The zero-order valence-corrected chi connectivity index (χ0v) is 18.3. The molecule has 1 aliphatic rings. The third kappa shape index (κ3) is 4.15. The molecule has 4 rings (SSSR count). The Kier molecular flexibility index (Phi) is 5.73. The van der Waals surface area contributed by atoms with Gasteiger partial charge in [-0.3, -0.25) is 9.59 Å². The van der Waals surface area contributed by atoms with Crippen molar-refractivity contribution in [2.24, 2.45) is 0 Å². The monoisotopic (exact) mass is 441 g/mol. The summed E-state index contributed by atoms with van der Waals surface area (Å²) in [4.78, 5) is 24.7. The number of benzene rings is 1. The molecule has 0 spiro atoms. The fraction of sp³-hybridized carbons (Fsp3) is 0.333. The second kappa shape index (κ2) is 8.46. The van der Waals surface area contributed by atoms with E-state index in [1.165, 1.54) is 6.92 Å². The first-order valence-electron chi connectivity index (χ1n) is 9.77. The molecule has 2 aromatic heterocycles. The van der Waals surface area contributed by atoms with Crippen molar-refractivity contribution in [3.63, 3.8) is 0 Å². The van der Waals surface area contributed by atoms with Crippen LogP contribution in [0.4, 0.5) is 0 Å². The van der Waals surface area contributed by atoms with Gasteiger partial charge in [0.25, 0.3) is 5.56 Å². The number of nitrogens with two attached hydrogens (primary N) is 1. The molecule has 31 heavy (non-hydrogen) atoms. The predicted octanol–water partition coefficient (Wildman–Crippen LogP) is 1.89. The second-order valence-corrected chi connectivity index (χ2v) is 8.29. The van der Waals surface area contributed by atoms with Gasteiger partial charge < -0.3 is 19.9 Å². The van der Waals surface area contributed by atoms with Crippen LogP contribution in [-0.4, -0.2) is 43.7 Å². The summed E-state index contributed by atoms with van der Waals surface area (Å²) >= 11 is 1.09. The number of rotatable bonds is 6. The van der Waals surface area contributed by atoms with Crippen LogP contribution in [0, 0.1) is 20.8 Å². The fourth-order valence-electron chi connectivity index (χ4n) is 3.50. The average Bonchev–Trinajstić information content (AvgIpc) is 3.05. The molecule has 0 unspecified atom stereocenters. The predicted molar refractivity (Wildman–Crippen MR) is 116 cm³/mol. The Hall–Kier alpha value is -3.27. The molecule has 10 heteroatoms. The lowest BCUT2D eigenvalue weighted by Gasteiger charge is -2.27. The van der Waals surface area contributed by atoms with Gasteiger partial charge in [-0.15, -0.1) is 10.2 Å². The molecule has 2 N–H and O–H groups in total. The number of hydrogen-bond donors (Lipinski definition) is 1. The van der Waals surface area contributed by atoms with Gasteiger partial charge in [0.05, 0.1) is 12.3 Å². The average molecular weight is 442 g/mol. The van der Waals surface area contributed by atoms with E-state index in [4.69, 9.17) is 15.3 Å². The quantitative estimate of drug-likeness (QED) is 0.350. The SMILES string of the molecule is Cc1nnc(SCC(=O)c2cc(C)n(C[C@H]3COc4ccccc4O3)c2C)n(N)c1=O. The van der Waals surface area contributed by atoms with Gasteiger partial charge in [0.15, 0.2) is 23.4 Å². The van der Waals surface area contributed by atoms with Crippen LogP contribution in [0.15, 0.2) is 40.3 Å². The van der Waals surface area contributed by atoms with Crippen LogP contribution in [0.2, 0.25) is 0 Å². The van der Waals surface area contributed by atoms with E-state index < -0.39 is 5.56 Å². The molecule has 1 aliphatic heterocycles. The largest absolute Gasteiger partial charge is 0.486 e. The van der Waals surface area contributed by atoms with Crippen LogP contribution < -0.4 is 20.9 Å². The molecule has 0 saturated heterocycles. The minimum absolute atomic E-state index is 0.0784. The highest BCUT2D eigenvalue weighted by Gasteiger charge is 2.24. The van der Waals surface area contributed by atoms with Gasteiger partial charge in [0, 0.05) is 17.0 Å². The molecule has 0 bridgehead atoms. The molecule has 0 saturated carbocycles. The molecule has 9 nitrogen and oxygen atoms in total. The van der Waals surface area contributed by atoms with Crippen molar-refractivity contribution in [2.45, 2.75) is 38.6 Å². The molecule has 3 aromatic rings. The number of carbonyl (C=O) groups excluding carboxylic acids is 1. The lowest BCUT2D eigenvalue weighted by Crippen LogP contribution is -2.33. The highest BCUT2D eigenvalue weighted by molar-refractivity contribution is 7.99. The van der Waals surface area contributed by atoms with Gasteiger partial charge in [0.1, 0.15) is 12.3 Å². The van der Waals surface area contributed by atoms with Gasteiger partial charge in [-0.2, -0.15) is 4.68 Å². The molecule has 1 atom stereocenters. The van der Waals surface area contributed by atoms with Crippen molar-refractivity contribution in [2.75, 3.05) is 18.2 Å². The molecule has 0 aliphatic carbocycles.